The number of aldehydes is 1. The first-order chi connectivity index (χ1) is 5.64. The van der Waals surface area contributed by atoms with Crippen molar-refractivity contribution in [3.63, 3.8) is 0 Å². The van der Waals surface area contributed by atoms with E-state index in [2.05, 4.69) is 0 Å². The van der Waals surface area contributed by atoms with Crippen molar-refractivity contribution in [2.45, 2.75) is 45.0 Å². The molecule has 3 nitrogen and oxygen atoms in total. The Bertz CT molecular complexity index is 154. The number of hydrogen-bond donors (Lipinski definition) is 0. The molecule has 70 valence electrons. The van der Waals surface area contributed by atoms with Gasteiger partial charge in [-0.25, -0.2) is 0 Å². The smallest absolute Gasteiger partial charge is 0.158 e. The molecule has 1 unspecified atom stereocenters. The zero-order valence-corrected chi connectivity index (χ0v) is 7.71. The molecule has 1 aliphatic rings. The molecule has 0 aromatic rings. The Labute approximate surface area is 73.0 Å². The van der Waals surface area contributed by atoms with Crippen LogP contribution in [0.2, 0.25) is 0 Å². The van der Waals surface area contributed by atoms with Crippen LogP contribution in [-0.2, 0) is 14.3 Å². The van der Waals surface area contributed by atoms with Gasteiger partial charge in [-0.3, -0.25) is 0 Å². The summed E-state index contributed by atoms with van der Waals surface area (Å²) in [5, 5.41) is 0. The van der Waals surface area contributed by atoms with Gasteiger partial charge in [-0.1, -0.05) is 0 Å². The highest BCUT2D eigenvalue weighted by Crippen LogP contribution is 2.24. The molecular weight excluding hydrogens is 156 g/mol. The van der Waals surface area contributed by atoms with Crippen LogP contribution in [0, 0.1) is 0 Å². The van der Waals surface area contributed by atoms with E-state index in [0.29, 0.717) is 12.8 Å². The fourth-order valence-electron chi connectivity index (χ4n) is 1.23. The van der Waals surface area contributed by atoms with Gasteiger partial charge in [-0.15, -0.1) is 0 Å². The molecule has 1 rings (SSSR count). The normalized spacial score (nSPS) is 28.3. The summed E-state index contributed by atoms with van der Waals surface area (Å²) in [7, 11) is 0. The minimum atomic E-state index is -0.182. The molecule has 1 atom stereocenters. The highest BCUT2D eigenvalue weighted by atomic mass is 16.7. The standard InChI is InChI=1S/C9H16O3/c1-9(2)5-7-11-8(12-9)4-3-6-10/h6,8H,3-5,7H2,1-2H3. The molecule has 0 spiro atoms. The van der Waals surface area contributed by atoms with Crippen molar-refractivity contribution in [1.82, 2.24) is 0 Å². The third-order valence-electron chi connectivity index (χ3n) is 1.98. The largest absolute Gasteiger partial charge is 0.353 e. The Balaban J connectivity index is 2.31. The summed E-state index contributed by atoms with van der Waals surface area (Å²) in [6.07, 6.45) is 2.83. The summed E-state index contributed by atoms with van der Waals surface area (Å²) in [6.45, 7) is 4.82. The average molecular weight is 172 g/mol. The van der Waals surface area contributed by atoms with E-state index in [0.717, 1.165) is 19.3 Å². The molecule has 12 heavy (non-hydrogen) atoms. The lowest BCUT2D eigenvalue weighted by Gasteiger charge is -2.35. The number of ether oxygens (including phenoxy) is 2. The molecule has 1 heterocycles. The summed E-state index contributed by atoms with van der Waals surface area (Å²) >= 11 is 0. The molecule has 1 aliphatic heterocycles. The van der Waals surface area contributed by atoms with Gasteiger partial charge >= 0.3 is 0 Å². The third kappa shape index (κ3) is 2.91. The van der Waals surface area contributed by atoms with Crippen LogP contribution >= 0.6 is 0 Å². The summed E-state index contributed by atoms with van der Waals surface area (Å²) < 4.78 is 10.9. The van der Waals surface area contributed by atoms with Gasteiger partial charge in [0.1, 0.15) is 6.29 Å². The highest BCUT2D eigenvalue weighted by molar-refractivity contribution is 5.49. The molecule has 0 bridgehead atoms. The van der Waals surface area contributed by atoms with Crippen LogP contribution in [0.15, 0.2) is 0 Å². The summed E-state index contributed by atoms with van der Waals surface area (Å²) in [5.41, 5.74) is -0.0915. The van der Waals surface area contributed by atoms with E-state index in [1.165, 1.54) is 0 Å². The van der Waals surface area contributed by atoms with Gasteiger partial charge in [-0.2, -0.15) is 0 Å². The fraction of sp³-hybridized carbons (Fsp3) is 0.889. The zero-order valence-electron chi connectivity index (χ0n) is 7.71. The molecule has 0 saturated carbocycles. The Hall–Kier alpha value is -0.410. The van der Waals surface area contributed by atoms with Gasteiger partial charge in [0, 0.05) is 12.8 Å². The van der Waals surface area contributed by atoms with Crippen LogP contribution in [0.25, 0.3) is 0 Å². The molecule has 0 aromatic heterocycles. The average Bonchev–Trinajstić information content (AvgIpc) is 1.99. The molecule has 1 fully saturated rings. The van der Waals surface area contributed by atoms with E-state index in [1.807, 2.05) is 13.8 Å². The first-order valence-corrected chi connectivity index (χ1v) is 4.37. The Morgan fingerprint density at radius 2 is 2.33 bits per heavy atom. The summed E-state index contributed by atoms with van der Waals surface area (Å²) in [6, 6.07) is 0. The predicted octanol–water partition coefficient (Wildman–Crippen LogP) is 1.51. The zero-order chi connectivity index (χ0) is 9.03. The van der Waals surface area contributed by atoms with Crippen LogP contribution in [0.5, 0.6) is 0 Å². The van der Waals surface area contributed by atoms with Crippen LogP contribution in [0.4, 0.5) is 0 Å². The maximum atomic E-state index is 10.1. The first-order valence-electron chi connectivity index (χ1n) is 4.37. The van der Waals surface area contributed by atoms with E-state index in [-0.39, 0.29) is 11.9 Å². The fourth-order valence-corrected chi connectivity index (χ4v) is 1.23. The molecule has 0 amide bonds. The first kappa shape index (κ1) is 9.68. The van der Waals surface area contributed by atoms with Crippen molar-refractivity contribution in [2.75, 3.05) is 6.61 Å². The van der Waals surface area contributed by atoms with Crippen molar-refractivity contribution in [2.24, 2.45) is 0 Å². The van der Waals surface area contributed by atoms with Gasteiger partial charge in [0.05, 0.1) is 12.2 Å². The number of hydrogen-bond acceptors (Lipinski definition) is 3. The van der Waals surface area contributed by atoms with E-state index in [9.17, 15) is 4.79 Å². The maximum absolute atomic E-state index is 10.1. The monoisotopic (exact) mass is 172 g/mol. The molecule has 1 saturated heterocycles. The van der Waals surface area contributed by atoms with E-state index >= 15 is 0 Å². The van der Waals surface area contributed by atoms with Crippen molar-refractivity contribution < 1.29 is 14.3 Å². The minimum absolute atomic E-state index is 0.0915. The Morgan fingerprint density at radius 3 is 2.92 bits per heavy atom. The lowest BCUT2D eigenvalue weighted by atomic mass is 10.0. The quantitative estimate of drug-likeness (QED) is 0.605. The molecular formula is C9H16O3. The van der Waals surface area contributed by atoms with Crippen molar-refractivity contribution in [3.05, 3.63) is 0 Å². The van der Waals surface area contributed by atoms with Crippen LogP contribution < -0.4 is 0 Å². The molecule has 0 aliphatic carbocycles. The van der Waals surface area contributed by atoms with Crippen molar-refractivity contribution >= 4 is 6.29 Å². The second-order valence-corrected chi connectivity index (χ2v) is 3.67. The second-order valence-electron chi connectivity index (χ2n) is 3.67. The van der Waals surface area contributed by atoms with E-state index < -0.39 is 0 Å². The Morgan fingerprint density at radius 1 is 1.58 bits per heavy atom. The van der Waals surface area contributed by atoms with Gasteiger partial charge in [0.25, 0.3) is 0 Å². The van der Waals surface area contributed by atoms with Gasteiger partial charge < -0.3 is 14.3 Å². The second kappa shape index (κ2) is 4.01. The van der Waals surface area contributed by atoms with Gasteiger partial charge in [0.15, 0.2) is 6.29 Å². The third-order valence-corrected chi connectivity index (χ3v) is 1.98. The number of carbonyl (C=O) groups excluding carboxylic acids is 1. The molecule has 0 N–H and O–H groups in total. The van der Waals surface area contributed by atoms with Gasteiger partial charge in [-0.05, 0) is 20.3 Å². The van der Waals surface area contributed by atoms with Crippen LogP contribution in [0.3, 0.4) is 0 Å². The summed E-state index contributed by atoms with van der Waals surface area (Å²) in [5.74, 6) is 0. The number of carbonyl (C=O) groups is 1. The number of rotatable bonds is 3. The van der Waals surface area contributed by atoms with Crippen molar-refractivity contribution in [3.8, 4) is 0 Å². The lowest BCUT2D eigenvalue weighted by Crippen LogP contribution is -2.39. The SMILES string of the molecule is CC1(C)CCOC(CCC=O)O1. The van der Waals surface area contributed by atoms with E-state index in [1.54, 1.807) is 0 Å². The Kier molecular flexibility index (Phi) is 3.23. The molecule has 3 heteroatoms. The lowest BCUT2D eigenvalue weighted by molar-refractivity contribution is -0.246. The van der Waals surface area contributed by atoms with Crippen molar-refractivity contribution in [1.29, 1.82) is 0 Å². The van der Waals surface area contributed by atoms with Crippen LogP contribution in [-0.4, -0.2) is 24.8 Å². The molecule has 0 radical (unpaired) electrons. The maximum Gasteiger partial charge on any atom is 0.158 e. The highest BCUT2D eigenvalue weighted by Gasteiger charge is 2.28. The topological polar surface area (TPSA) is 35.5 Å². The minimum Gasteiger partial charge on any atom is -0.353 e. The summed E-state index contributed by atoms with van der Waals surface area (Å²) in [4.78, 5) is 10.1. The predicted molar refractivity (Wildman–Crippen MR) is 44.8 cm³/mol. The van der Waals surface area contributed by atoms with Crippen LogP contribution in [0.1, 0.15) is 33.1 Å². The molecule has 0 aromatic carbocycles. The van der Waals surface area contributed by atoms with Gasteiger partial charge in [0.2, 0.25) is 0 Å². The van der Waals surface area contributed by atoms with E-state index in [4.69, 9.17) is 9.47 Å².